The summed E-state index contributed by atoms with van der Waals surface area (Å²) in [6, 6.07) is 10.7. The molecule has 0 aliphatic rings. The molecule has 7 heteroatoms. The highest BCUT2D eigenvalue weighted by molar-refractivity contribution is 6.31. The van der Waals surface area contributed by atoms with Crippen LogP contribution in [0.4, 0.5) is 11.5 Å². The minimum atomic E-state index is -0.248. The van der Waals surface area contributed by atoms with E-state index >= 15 is 0 Å². The van der Waals surface area contributed by atoms with E-state index in [1.54, 1.807) is 12.1 Å². The fraction of sp³-hybridized carbons (Fsp3) is 0.263. The van der Waals surface area contributed by atoms with Crippen molar-refractivity contribution < 1.29 is 5.11 Å². The van der Waals surface area contributed by atoms with E-state index in [4.69, 9.17) is 16.7 Å². The molecule has 4 N–H and O–H groups in total. The van der Waals surface area contributed by atoms with Gasteiger partial charge in [0.25, 0.3) is 5.56 Å². The summed E-state index contributed by atoms with van der Waals surface area (Å²) in [5, 5.41) is 16.8. The Morgan fingerprint density at radius 2 is 2.08 bits per heavy atom. The van der Waals surface area contributed by atoms with Gasteiger partial charge in [0.05, 0.1) is 12.6 Å². The number of benzene rings is 1. The maximum atomic E-state index is 12.4. The molecule has 0 aliphatic carbocycles. The fourth-order valence-electron chi connectivity index (χ4n) is 2.86. The number of aliphatic hydroxyl groups excluding tert-OH is 1. The third-order valence-corrected chi connectivity index (χ3v) is 4.30. The van der Waals surface area contributed by atoms with Crippen molar-refractivity contribution in [2.75, 3.05) is 23.8 Å². The molecule has 0 fully saturated rings. The Labute approximate surface area is 156 Å². The van der Waals surface area contributed by atoms with Gasteiger partial charge in [-0.15, -0.1) is 0 Å². The van der Waals surface area contributed by atoms with Crippen LogP contribution in [-0.4, -0.2) is 28.2 Å². The lowest BCUT2D eigenvalue weighted by Crippen LogP contribution is -2.20. The van der Waals surface area contributed by atoms with Crippen molar-refractivity contribution in [1.29, 1.82) is 0 Å². The number of anilines is 2. The SMILES string of the molecule is Cc1cc(NCCO)cc(NC(C)c2cc3cc(Cl)ccc3[nH]c2=O)n1. The number of rotatable bonds is 6. The first-order valence-electron chi connectivity index (χ1n) is 8.38. The average Bonchev–Trinajstić information content (AvgIpc) is 2.59. The minimum absolute atomic E-state index is 0.0512. The van der Waals surface area contributed by atoms with Crippen molar-refractivity contribution in [3.63, 3.8) is 0 Å². The molecule has 0 saturated heterocycles. The zero-order valence-corrected chi connectivity index (χ0v) is 15.4. The number of aromatic amines is 1. The van der Waals surface area contributed by atoms with Gasteiger partial charge in [0.2, 0.25) is 0 Å². The predicted octanol–water partition coefficient (Wildman–Crippen LogP) is 3.46. The quantitative estimate of drug-likeness (QED) is 0.532. The number of aromatic nitrogens is 2. The Morgan fingerprint density at radius 1 is 1.27 bits per heavy atom. The van der Waals surface area contributed by atoms with E-state index in [1.165, 1.54) is 0 Å². The van der Waals surface area contributed by atoms with Crippen LogP contribution in [0.25, 0.3) is 10.9 Å². The molecule has 0 radical (unpaired) electrons. The van der Waals surface area contributed by atoms with E-state index in [1.807, 2.05) is 38.1 Å². The first-order chi connectivity index (χ1) is 12.5. The van der Waals surface area contributed by atoms with Crippen LogP contribution < -0.4 is 16.2 Å². The van der Waals surface area contributed by atoms with Gasteiger partial charge < -0.3 is 20.7 Å². The summed E-state index contributed by atoms with van der Waals surface area (Å²) in [6.07, 6.45) is 0. The Bertz CT molecular complexity index is 987. The highest BCUT2D eigenvalue weighted by atomic mass is 35.5. The minimum Gasteiger partial charge on any atom is -0.395 e. The highest BCUT2D eigenvalue weighted by Gasteiger charge is 2.13. The van der Waals surface area contributed by atoms with E-state index in [9.17, 15) is 4.79 Å². The van der Waals surface area contributed by atoms with Gasteiger partial charge in [-0.25, -0.2) is 4.98 Å². The zero-order chi connectivity index (χ0) is 18.7. The van der Waals surface area contributed by atoms with Gasteiger partial charge in [0.15, 0.2) is 0 Å². The van der Waals surface area contributed by atoms with Crippen LogP contribution in [-0.2, 0) is 0 Å². The summed E-state index contributed by atoms with van der Waals surface area (Å²) in [6.45, 7) is 4.32. The summed E-state index contributed by atoms with van der Waals surface area (Å²) >= 11 is 6.05. The van der Waals surface area contributed by atoms with Crippen molar-refractivity contribution in [2.45, 2.75) is 19.9 Å². The van der Waals surface area contributed by atoms with Crippen LogP contribution >= 0.6 is 11.6 Å². The number of nitrogens with zero attached hydrogens (tertiary/aromatic N) is 1. The van der Waals surface area contributed by atoms with Crippen molar-refractivity contribution >= 4 is 34.0 Å². The molecule has 1 aromatic carbocycles. The van der Waals surface area contributed by atoms with Gasteiger partial charge in [-0.3, -0.25) is 4.79 Å². The molecule has 2 aromatic heterocycles. The molecule has 0 amide bonds. The second-order valence-corrected chi connectivity index (χ2v) is 6.62. The topological polar surface area (TPSA) is 90.0 Å². The Kier molecular flexibility index (Phi) is 5.44. The predicted molar refractivity (Wildman–Crippen MR) is 106 cm³/mol. The summed E-state index contributed by atoms with van der Waals surface area (Å²) in [7, 11) is 0. The Balaban J connectivity index is 1.89. The highest BCUT2D eigenvalue weighted by Crippen LogP contribution is 2.23. The van der Waals surface area contributed by atoms with E-state index in [0.717, 1.165) is 22.3 Å². The Morgan fingerprint density at radius 3 is 2.85 bits per heavy atom. The van der Waals surface area contributed by atoms with Gasteiger partial charge in [-0.2, -0.15) is 0 Å². The number of nitrogens with one attached hydrogen (secondary N) is 3. The van der Waals surface area contributed by atoms with Gasteiger partial charge in [0, 0.05) is 45.5 Å². The second-order valence-electron chi connectivity index (χ2n) is 6.18. The molecule has 0 bridgehead atoms. The van der Waals surface area contributed by atoms with E-state index < -0.39 is 0 Å². The number of H-pyrrole nitrogens is 1. The lowest BCUT2D eigenvalue weighted by molar-refractivity contribution is 0.311. The largest absolute Gasteiger partial charge is 0.395 e. The first-order valence-corrected chi connectivity index (χ1v) is 8.76. The lowest BCUT2D eigenvalue weighted by Gasteiger charge is -2.16. The fourth-order valence-corrected chi connectivity index (χ4v) is 3.04. The third-order valence-electron chi connectivity index (χ3n) is 4.06. The normalized spacial score (nSPS) is 12.2. The van der Waals surface area contributed by atoms with Gasteiger partial charge in [-0.05, 0) is 44.2 Å². The maximum absolute atomic E-state index is 12.4. The van der Waals surface area contributed by atoms with Crippen LogP contribution in [0, 0.1) is 6.92 Å². The van der Waals surface area contributed by atoms with Crippen LogP contribution in [0.2, 0.25) is 5.02 Å². The molecule has 2 heterocycles. The number of hydrogen-bond acceptors (Lipinski definition) is 5. The molecule has 3 rings (SSSR count). The van der Waals surface area contributed by atoms with Crippen molar-refractivity contribution in [3.05, 3.63) is 63.0 Å². The molecular weight excluding hydrogens is 352 g/mol. The molecule has 26 heavy (non-hydrogen) atoms. The summed E-state index contributed by atoms with van der Waals surface area (Å²) in [5.74, 6) is 0.656. The second kappa shape index (κ2) is 7.76. The smallest absolute Gasteiger partial charge is 0.253 e. The molecule has 6 nitrogen and oxygen atoms in total. The number of aliphatic hydroxyl groups is 1. The molecule has 3 aromatic rings. The van der Waals surface area contributed by atoms with E-state index in [-0.39, 0.29) is 18.2 Å². The van der Waals surface area contributed by atoms with Crippen molar-refractivity contribution in [1.82, 2.24) is 9.97 Å². The standard InChI is InChI=1S/C19H21ClN4O2/c1-11-7-15(21-5-6-25)10-18(22-11)23-12(2)16-9-13-8-14(20)3-4-17(13)24-19(16)26/h3-4,7-10,12,25H,5-6H2,1-2H3,(H,24,26)(H2,21,22,23). The molecule has 1 atom stereocenters. The molecule has 0 saturated carbocycles. The third kappa shape index (κ3) is 4.15. The first kappa shape index (κ1) is 18.2. The zero-order valence-electron chi connectivity index (χ0n) is 14.6. The van der Waals surface area contributed by atoms with Crippen LogP contribution in [0.1, 0.15) is 24.2 Å². The number of halogens is 1. The molecule has 0 spiro atoms. The average molecular weight is 373 g/mol. The Hall–Kier alpha value is -2.57. The molecule has 0 aliphatic heterocycles. The number of aryl methyl sites for hydroxylation is 1. The number of pyridine rings is 2. The number of hydrogen-bond donors (Lipinski definition) is 4. The monoisotopic (exact) mass is 372 g/mol. The molecular formula is C19H21ClN4O2. The maximum Gasteiger partial charge on any atom is 0.253 e. The summed E-state index contributed by atoms with van der Waals surface area (Å²) < 4.78 is 0. The van der Waals surface area contributed by atoms with Gasteiger partial charge in [0.1, 0.15) is 5.82 Å². The number of fused-ring (bicyclic) bond motifs is 1. The van der Waals surface area contributed by atoms with Crippen LogP contribution in [0.15, 0.2) is 41.2 Å². The van der Waals surface area contributed by atoms with Crippen molar-refractivity contribution in [3.8, 4) is 0 Å². The van der Waals surface area contributed by atoms with E-state index in [2.05, 4.69) is 20.6 Å². The van der Waals surface area contributed by atoms with Crippen LogP contribution in [0.3, 0.4) is 0 Å². The lowest BCUT2D eigenvalue weighted by atomic mass is 10.1. The summed E-state index contributed by atoms with van der Waals surface area (Å²) in [4.78, 5) is 19.8. The van der Waals surface area contributed by atoms with Gasteiger partial charge in [-0.1, -0.05) is 11.6 Å². The van der Waals surface area contributed by atoms with Crippen molar-refractivity contribution in [2.24, 2.45) is 0 Å². The summed E-state index contributed by atoms with van der Waals surface area (Å²) in [5.41, 5.74) is 2.90. The molecule has 136 valence electrons. The van der Waals surface area contributed by atoms with E-state index in [0.29, 0.717) is 22.9 Å². The van der Waals surface area contributed by atoms with Crippen LogP contribution in [0.5, 0.6) is 0 Å². The van der Waals surface area contributed by atoms with Gasteiger partial charge >= 0.3 is 0 Å². The molecule has 1 unspecified atom stereocenters.